The van der Waals surface area contributed by atoms with E-state index in [1.165, 1.54) is 44.6 Å². The molecule has 42 heavy (non-hydrogen) atoms. The topological polar surface area (TPSA) is 12.5 Å². The van der Waals surface area contributed by atoms with E-state index >= 15 is 0 Å². The number of ether oxygens (including phenoxy) is 1. The summed E-state index contributed by atoms with van der Waals surface area (Å²) >= 11 is 0. The van der Waals surface area contributed by atoms with Gasteiger partial charge in [0.2, 0.25) is 0 Å². The van der Waals surface area contributed by atoms with Gasteiger partial charge in [-0.05, 0) is 54.2 Å². The van der Waals surface area contributed by atoms with Crippen molar-refractivity contribution < 1.29 is 4.74 Å². The average molecular weight is 544 g/mol. The lowest BCUT2D eigenvalue weighted by atomic mass is 9.79. The molecule has 0 aromatic heterocycles. The highest BCUT2D eigenvalue weighted by Crippen LogP contribution is 2.49. The fourth-order valence-electron chi connectivity index (χ4n) is 7.04. The van der Waals surface area contributed by atoms with Gasteiger partial charge in [-0.15, -0.1) is 0 Å². The average Bonchev–Trinajstić information content (AvgIpc) is 3.44. The van der Waals surface area contributed by atoms with Crippen LogP contribution in [-0.2, 0) is 0 Å². The van der Waals surface area contributed by atoms with Gasteiger partial charge >= 0.3 is 0 Å². The molecule has 3 atom stereocenters. The molecule has 0 saturated heterocycles. The molecule has 0 N–H and O–H groups in total. The Labute approximate surface area is 248 Å². The lowest BCUT2D eigenvalue weighted by molar-refractivity contribution is 0.422. The van der Waals surface area contributed by atoms with Gasteiger partial charge in [0.25, 0.3) is 0 Å². The Morgan fingerprint density at radius 3 is 2.45 bits per heavy atom. The Kier molecular flexibility index (Phi) is 6.26. The molecule has 0 fully saturated rings. The number of hydrogen-bond donors (Lipinski definition) is 0. The third-order valence-corrected chi connectivity index (χ3v) is 9.12. The fourth-order valence-corrected chi connectivity index (χ4v) is 7.04. The van der Waals surface area contributed by atoms with Crippen LogP contribution in [0.3, 0.4) is 0 Å². The summed E-state index contributed by atoms with van der Waals surface area (Å²) in [6.07, 6.45) is 21.5. The van der Waals surface area contributed by atoms with E-state index in [4.69, 9.17) is 4.74 Å². The SMILES string of the molecule is C1=CCC(C2=CC(N(C3=CC=C4Oc5ccccc5C4C3)c3cccc4ccccc34)=CC(c3ccccc3)C2)C=C1. The van der Waals surface area contributed by atoms with Crippen LogP contribution in [0.4, 0.5) is 5.69 Å². The largest absolute Gasteiger partial charge is 0.461 e. The minimum Gasteiger partial charge on any atom is -0.461 e. The number of nitrogens with zero attached hydrogens (tertiary/aromatic N) is 1. The Balaban J connectivity index is 1.30. The normalized spacial score (nSPS) is 22.3. The maximum absolute atomic E-state index is 6.29. The molecule has 0 bridgehead atoms. The van der Waals surface area contributed by atoms with E-state index in [-0.39, 0.29) is 5.92 Å². The van der Waals surface area contributed by atoms with Crippen LogP contribution in [0.1, 0.15) is 42.2 Å². The summed E-state index contributed by atoms with van der Waals surface area (Å²) in [7, 11) is 0. The van der Waals surface area contributed by atoms with Gasteiger partial charge in [0, 0.05) is 40.6 Å². The number of rotatable bonds is 5. The van der Waals surface area contributed by atoms with Gasteiger partial charge in [0.05, 0.1) is 11.6 Å². The molecular weight excluding hydrogens is 510 g/mol. The molecule has 4 aromatic carbocycles. The highest BCUT2D eigenvalue weighted by molar-refractivity contribution is 5.96. The maximum atomic E-state index is 6.29. The molecule has 0 saturated carbocycles. The third-order valence-electron chi connectivity index (χ3n) is 9.12. The second-order valence-corrected chi connectivity index (χ2v) is 11.6. The molecule has 204 valence electrons. The van der Waals surface area contributed by atoms with Crippen molar-refractivity contribution in [1.82, 2.24) is 0 Å². The lowest BCUT2D eigenvalue weighted by Crippen LogP contribution is -2.27. The highest BCUT2D eigenvalue weighted by Gasteiger charge is 2.35. The van der Waals surface area contributed by atoms with Crippen molar-refractivity contribution in [2.45, 2.75) is 31.1 Å². The predicted molar refractivity (Wildman–Crippen MR) is 173 cm³/mol. The summed E-state index contributed by atoms with van der Waals surface area (Å²) in [6, 6.07) is 35.0. The van der Waals surface area contributed by atoms with Crippen LogP contribution >= 0.6 is 0 Å². The van der Waals surface area contributed by atoms with Gasteiger partial charge in [-0.1, -0.05) is 121 Å². The second kappa shape index (κ2) is 10.5. The number of anilines is 1. The van der Waals surface area contributed by atoms with E-state index in [1.807, 2.05) is 0 Å². The van der Waals surface area contributed by atoms with Crippen molar-refractivity contribution in [3.63, 3.8) is 0 Å². The Hall–Kier alpha value is -4.82. The molecule has 2 heteroatoms. The van der Waals surface area contributed by atoms with Crippen molar-refractivity contribution >= 4 is 16.5 Å². The van der Waals surface area contributed by atoms with Gasteiger partial charge in [-0.3, -0.25) is 0 Å². The molecule has 0 spiro atoms. The number of fused-ring (bicyclic) bond motifs is 4. The zero-order valence-electron chi connectivity index (χ0n) is 23.6. The number of benzene rings is 4. The molecule has 1 heterocycles. The molecule has 4 aromatic rings. The Morgan fingerprint density at radius 1 is 0.714 bits per heavy atom. The van der Waals surface area contributed by atoms with E-state index in [9.17, 15) is 0 Å². The minimum atomic E-state index is 0.225. The van der Waals surface area contributed by atoms with Gasteiger partial charge < -0.3 is 9.64 Å². The first-order chi connectivity index (χ1) is 20.8. The molecule has 4 aliphatic rings. The van der Waals surface area contributed by atoms with Crippen molar-refractivity contribution in [2.75, 3.05) is 4.90 Å². The Morgan fingerprint density at radius 2 is 1.55 bits per heavy atom. The summed E-state index contributed by atoms with van der Waals surface area (Å²) in [5.41, 5.74) is 7.90. The first-order valence-electron chi connectivity index (χ1n) is 15.1. The highest BCUT2D eigenvalue weighted by atomic mass is 16.5. The monoisotopic (exact) mass is 543 g/mol. The van der Waals surface area contributed by atoms with Crippen molar-refractivity contribution in [3.05, 3.63) is 180 Å². The molecule has 3 unspecified atom stereocenters. The number of hydrogen-bond acceptors (Lipinski definition) is 2. The third kappa shape index (κ3) is 4.44. The van der Waals surface area contributed by atoms with Crippen LogP contribution in [0.15, 0.2) is 168 Å². The standard InChI is InChI=1S/C40H33NO/c1-3-12-28(13-4-1)31-24-32(29-14-5-2-6-15-29)26-34(25-31)41(38-20-11-17-30-16-7-8-18-35(30)38)33-22-23-40-37(27-33)36-19-9-10-21-39(36)42-40/h1-14,16-23,25-26,29,31,37H,15,24,27H2. The zero-order chi connectivity index (χ0) is 27.9. The van der Waals surface area contributed by atoms with Crippen LogP contribution in [-0.4, -0.2) is 0 Å². The van der Waals surface area contributed by atoms with Crippen molar-refractivity contribution in [2.24, 2.45) is 5.92 Å². The van der Waals surface area contributed by atoms with Gasteiger partial charge in [0.15, 0.2) is 0 Å². The molecule has 8 rings (SSSR count). The van der Waals surface area contributed by atoms with Crippen LogP contribution in [0.2, 0.25) is 0 Å². The summed E-state index contributed by atoms with van der Waals surface area (Å²) in [5.74, 6) is 2.99. The summed E-state index contributed by atoms with van der Waals surface area (Å²) < 4.78 is 6.29. The van der Waals surface area contributed by atoms with Crippen LogP contribution in [0, 0.1) is 5.92 Å². The van der Waals surface area contributed by atoms with E-state index in [0.717, 1.165) is 30.8 Å². The van der Waals surface area contributed by atoms with Crippen molar-refractivity contribution in [1.29, 1.82) is 0 Å². The summed E-state index contributed by atoms with van der Waals surface area (Å²) in [6.45, 7) is 0. The van der Waals surface area contributed by atoms with E-state index < -0.39 is 0 Å². The van der Waals surface area contributed by atoms with Gasteiger partial charge in [-0.2, -0.15) is 0 Å². The lowest BCUT2D eigenvalue weighted by Gasteiger charge is -2.36. The summed E-state index contributed by atoms with van der Waals surface area (Å²) in [4.78, 5) is 2.54. The van der Waals surface area contributed by atoms with Crippen molar-refractivity contribution in [3.8, 4) is 5.75 Å². The van der Waals surface area contributed by atoms with Crippen LogP contribution in [0.25, 0.3) is 10.8 Å². The molecule has 1 aliphatic heterocycles. The quantitative estimate of drug-likeness (QED) is 0.248. The van der Waals surface area contributed by atoms with Crippen LogP contribution < -0.4 is 9.64 Å². The minimum absolute atomic E-state index is 0.225. The predicted octanol–water partition coefficient (Wildman–Crippen LogP) is 10.1. The Bertz CT molecular complexity index is 1850. The molecular formula is C40H33NO. The molecule has 2 nitrogen and oxygen atoms in total. The second-order valence-electron chi connectivity index (χ2n) is 11.6. The number of para-hydroxylation sites is 1. The van der Waals surface area contributed by atoms with E-state index in [2.05, 4.69) is 151 Å². The number of allylic oxidation sites excluding steroid dienone is 11. The fraction of sp³-hybridized carbons (Fsp3) is 0.150. The smallest absolute Gasteiger partial charge is 0.130 e. The van der Waals surface area contributed by atoms with E-state index in [1.54, 1.807) is 0 Å². The first-order valence-corrected chi connectivity index (χ1v) is 15.1. The first kappa shape index (κ1) is 24.9. The maximum Gasteiger partial charge on any atom is 0.130 e. The van der Waals surface area contributed by atoms with Crippen LogP contribution in [0.5, 0.6) is 5.75 Å². The molecule has 3 aliphatic carbocycles. The van der Waals surface area contributed by atoms with Gasteiger partial charge in [-0.25, -0.2) is 0 Å². The van der Waals surface area contributed by atoms with E-state index in [0.29, 0.717) is 11.8 Å². The molecule has 0 amide bonds. The molecule has 0 radical (unpaired) electrons. The summed E-state index contributed by atoms with van der Waals surface area (Å²) in [5, 5.41) is 2.51. The zero-order valence-corrected chi connectivity index (χ0v) is 23.6. The van der Waals surface area contributed by atoms with Gasteiger partial charge in [0.1, 0.15) is 11.5 Å².